The first-order chi connectivity index (χ1) is 16.4. The van der Waals surface area contributed by atoms with Crippen LogP contribution in [0.3, 0.4) is 0 Å². The van der Waals surface area contributed by atoms with Crippen LogP contribution in [0.4, 0.5) is 5.69 Å². The van der Waals surface area contributed by atoms with Crippen molar-refractivity contribution in [2.24, 2.45) is 11.8 Å². The molecule has 5 rings (SSSR count). The van der Waals surface area contributed by atoms with Crippen molar-refractivity contribution in [2.75, 3.05) is 38.3 Å². The molecule has 7 heteroatoms. The summed E-state index contributed by atoms with van der Waals surface area (Å²) in [5.41, 5.74) is 2.16. The second kappa shape index (κ2) is 9.16. The van der Waals surface area contributed by atoms with E-state index in [2.05, 4.69) is 11.5 Å². The van der Waals surface area contributed by atoms with Crippen molar-refractivity contribution in [3.8, 4) is 11.5 Å². The third kappa shape index (κ3) is 4.03. The third-order valence-electron chi connectivity index (χ3n) is 7.68. The summed E-state index contributed by atoms with van der Waals surface area (Å²) in [4.78, 5) is 14.6. The van der Waals surface area contributed by atoms with E-state index in [4.69, 9.17) is 25.8 Å². The van der Waals surface area contributed by atoms with Gasteiger partial charge in [0, 0.05) is 23.7 Å². The number of benzene rings is 2. The third-order valence-corrected chi connectivity index (χ3v) is 7.92. The number of halogens is 1. The lowest BCUT2D eigenvalue weighted by Gasteiger charge is -2.45. The van der Waals surface area contributed by atoms with Crippen molar-refractivity contribution >= 4 is 23.3 Å². The summed E-state index contributed by atoms with van der Waals surface area (Å²) >= 11 is 6.26. The fraction of sp³-hybridized carbons (Fsp3) is 0.444. The molecule has 0 amide bonds. The van der Waals surface area contributed by atoms with Gasteiger partial charge in [-0.3, -0.25) is 0 Å². The largest absolute Gasteiger partial charge is 0.493 e. The number of esters is 1. The number of fused-ring (bicyclic) bond motifs is 3. The first-order valence-corrected chi connectivity index (χ1v) is 12.2. The summed E-state index contributed by atoms with van der Waals surface area (Å²) in [6.45, 7) is 6.31. The van der Waals surface area contributed by atoms with E-state index >= 15 is 0 Å². The Kier molecular flexibility index (Phi) is 6.21. The molecule has 0 bridgehead atoms. The van der Waals surface area contributed by atoms with E-state index in [1.165, 1.54) is 7.11 Å². The Morgan fingerprint density at radius 1 is 1.29 bits per heavy atom. The zero-order chi connectivity index (χ0) is 23.9. The molecule has 0 aromatic heterocycles. The van der Waals surface area contributed by atoms with Crippen LogP contribution in [0.1, 0.15) is 35.2 Å². The molecular formula is C27H30ClNO5. The quantitative estimate of drug-likeness (QED) is 0.494. The highest BCUT2D eigenvalue weighted by atomic mass is 35.5. The fourth-order valence-electron chi connectivity index (χ4n) is 5.59. The van der Waals surface area contributed by atoms with Crippen molar-refractivity contribution in [3.05, 3.63) is 65.2 Å². The molecule has 6 nitrogen and oxygen atoms in total. The summed E-state index contributed by atoms with van der Waals surface area (Å²) in [5, 5.41) is 11.1. The van der Waals surface area contributed by atoms with E-state index in [0.29, 0.717) is 36.3 Å². The molecule has 180 valence electrons. The second-order valence-electron chi connectivity index (χ2n) is 9.59. The molecule has 1 N–H and O–H groups in total. The van der Waals surface area contributed by atoms with Gasteiger partial charge in [-0.05, 0) is 61.4 Å². The van der Waals surface area contributed by atoms with Crippen LogP contribution in [0, 0.1) is 11.8 Å². The van der Waals surface area contributed by atoms with E-state index in [1.807, 2.05) is 30.3 Å². The summed E-state index contributed by atoms with van der Waals surface area (Å²) in [6, 6.07) is 11.3. The van der Waals surface area contributed by atoms with Gasteiger partial charge >= 0.3 is 5.97 Å². The number of aliphatic hydroxyl groups is 1. The number of ether oxygens (including phenoxy) is 3. The number of nitrogens with zero attached hydrogens (tertiary/aromatic N) is 1. The van der Waals surface area contributed by atoms with E-state index < -0.39 is 6.10 Å². The van der Waals surface area contributed by atoms with Crippen LogP contribution in [0.15, 0.2) is 49.1 Å². The predicted octanol–water partition coefficient (Wildman–Crippen LogP) is 4.62. The number of anilines is 1. The fourth-order valence-corrected chi connectivity index (χ4v) is 5.76. The lowest BCUT2D eigenvalue weighted by molar-refractivity contribution is 0.0458. The van der Waals surface area contributed by atoms with Gasteiger partial charge in [0.25, 0.3) is 0 Å². The maximum absolute atomic E-state index is 12.3. The van der Waals surface area contributed by atoms with Gasteiger partial charge in [0.15, 0.2) is 0 Å². The summed E-state index contributed by atoms with van der Waals surface area (Å²) < 4.78 is 17.3. The molecule has 1 unspecified atom stereocenters. The SMILES string of the molecule is C=CC(O)[C@@H]1CC[C@H]1CN1C[C@@]2(CCOc3cc(Cl)ccc32)COc2ccc(C(=O)OC)cc21. The molecule has 1 saturated carbocycles. The summed E-state index contributed by atoms with van der Waals surface area (Å²) in [7, 11) is 1.39. The molecule has 2 aromatic rings. The first kappa shape index (κ1) is 23.1. The first-order valence-electron chi connectivity index (χ1n) is 11.8. The number of hydrogen-bond acceptors (Lipinski definition) is 6. The van der Waals surface area contributed by atoms with Crippen LogP contribution in [0.25, 0.3) is 0 Å². The maximum atomic E-state index is 12.3. The Hall–Kier alpha value is -2.70. The van der Waals surface area contributed by atoms with Crippen molar-refractivity contribution in [2.45, 2.75) is 30.8 Å². The van der Waals surface area contributed by atoms with Crippen LogP contribution < -0.4 is 14.4 Å². The molecule has 0 saturated heterocycles. The average Bonchev–Trinajstić information content (AvgIpc) is 2.98. The normalized spacial score (nSPS) is 26.1. The molecule has 2 aromatic carbocycles. The Balaban J connectivity index is 1.55. The predicted molar refractivity (Wildman–Crippen MR) is 131 cm³/mol. The summed E-state index contributed by atoms with van der Waals surface area (Å²) in [6.07, 6.45) is 3.95. The van der Waals surface area contributed by atoms with Crippen molar-refractivity contribution in [1.29, 1.82) is 0 Å². The van der Waals surface area contributed by atoms with E-state index in [0.717, 1.165) is 48.6 Å². The average molecular weight is 484 g/mol. The molecular weight excluding hydrogens is 454 g/mol. The van der Waals surface area contributed by atoms with Gasteiger partial charge in [0.05, 0.1) is 43.1 Å². The smallest absolute Gasteiger partial charge is 0.337 e. The lowest BCUT2D eigenvalue weighted by atomic mass is 9.70. The van der Waals surface area contributed by atoms with Gasteiger partial charge < -0.3 is 24.2 Å². The Labute approximate surface area is 205 Å². The van der Waals surface area contributed by atoms with Gasteiger partial charge in [-0.2, -0.15) is 0 Å². The van der Waals surface area contributed by atoms with Crippen LogP contribution in [-0.4, -0.2) is 50.6 Å². The number of hydrogen-bond donors (Lipinski definition) is 1. The number of rotatable bonds is 5. The van der Waals surface area contributed by atoms with E-state index in [-0.39, 0.29) is 17.3 Å². The Morgan fingerprint density at radius 2 is 2.15 bits per heavy atom. The minimum absolute atomic E-state index is 0.186. The minimum Gasteiger partial charge on any atom is -0.493 e. The molecule has 4 atom stereocenters. The highest BCUT2D eigenvalue weighted by molar-refractivity contribution is 6.30. The Bertz CT molecular complexity index is 1100. The standard InChI is InChI=1S/C27H30ClNO5/c1-3-23(30)20-7-4-18(20)14-29-15-27(10-11-33-25-13-19(28)6-8-21(25)27)16-34-24-9-5-17(12-22(24)29)26(31)32-2/h3,5-6,8-9,12-13,18,20,23,30H,1,4,7,10-11,14-16H2,2H3/t18-,20+,23?,27-/m0/s1. The number of carbonyl (C=O) groups is 1. The van der Waals surface area contributed by atoms with E-state index in [1.54, 1.807) is 12.1 Å². The zero-order valence-electron chi connectivity index (χ0n) is 19.3. The van der Waals surface area contributed by atoms with Gasteiger partial charge in [-0.15, -0.1) is 6.58 Å². The molecule has 2 aliphatic heterocycles. The van der Waals surface area contributed by atoms with Crippen molar-refractivity contribution < 1.29 is 24.1 Å². The Morgan fingerprint density at radius 3 is 2.88 bits per heavy atom. The van der Waals surface area contributed by atoms with Crippen molar-refractivity contribution in [3.63, 3.8) is 0 Å². The van der Waals surface area contributed by atoms with Gasteiger partial charge in [-0.25, -0.2) is 4.79 Å². The highest BCUT2D eigenvalue weighted by Crippen LogP contribution is 2.47. The molecule has 0 radical (unpaired) electrons. The molecule has 1 aliphatic carbocycles. The van der Waals surface area contributed by atoms with Gasteiger partial charge in [0.1, 0.15) is 11.5 Å². The van der Waals surface area contributed by atoms with Crippen molar-refractivity contribution in [1.82, 2.24) is 0 Å². The number of carbonyl (C=O) groups excluding carboxylic acids is 1. The highest BCUT2D eigenvalue weighted by Gasteiger charge is 2.44. The molecule has 1 fully saturated rings. The lowest BCUT2D eigenvalue weighted by Crippen LogP contribution is -2.50. The summed E-state index contributed by atoms with van der Waals surface area (Å²) in [5.74, 6) is 1.67. The van der Waals surface area contributed by atoms with Crippen LogP contribution in [-0.2, 0) is 10.2 Å². The minimum atomic E-state index is -0.511. The number of methoxy groups -OCH3 is 1. The van der Waals surface area contributed by atoms with Gasteiger partial charge in [0.2, 0.25) is 0 Å². The number of aliphatic hydroxyl groups excluding tert-OH is 1. The molecule has 1 spiro atoms. The van der Waals surface area contributed by atoms with Crippen LogP contribution >= 0.6 is 11.6 Å². The molecule has 3 aliphatic rings. The topological polar surface area (TPSA) is 68.2 Å². The molecule has 34 heavy (non-hydrogen) atoms. The maximum Gasteiger partial charge on any atom is 0.337 e. The zero-order valence-corrected chi connectivity index (χ0v) is 20.1. The van der Waals surface area contributed by atoms with E-state index in [9.17, 15) is 9.90 Å². The monoisotopic (exact) mass is 483 g/mol. The van der Waals surface area contributed by atoms with Gasteiger partial charge in [-0.1, -0.05) is 23.7 Å². The van der Waals surface area contributed by atoms with Crippen LogP contribution in [0.2, 0.25) is 5.02 Å². The second-order valence-corrected chi connectivity index (χ2v) is 10.0. The van der Waals surface area contributed by atoms with Crippen LogP contribution in [0.5, 0.6) is 11.5 Å². The molecule has 2 heterocycles.